The van der Waals surface area contributed by atoms with Crippen molar-refractivity contribution in [2.75, 3.05) is 11.0 Å². The molecule has 0 unspecified atom stereocenters. The molecule has 0 saturated carbocycles. The van der Waals surface area contributed by atoms with Crippen LogP contribution in [0.25, 0.3) is 11.0 Å². The fourth-order valence-corrected chi connectivity index (χ4v) is 1.56. The Balaban J connectivity index is 2.46. The van der Waals surface area contributed by atoms with Gasteiger partial charge >= 0.3 is 0 Å². The van der Waals surface area contributed by atoms with E-state index in [2.05, 4.69) is 20.8 Å². The largest absolute Gasteiger partial charge is 0.323 e. The van der Waals surface area contributed by atoms with Crippen molar-refractivity contribution in [1.82, 2.24) is 9.97 Å². The summed E-state index contributed by atoms with van der Waals surface area (Å²) in [5, 5.41) is 0. The van der Waals surface area contributed by atoms with Crippen molar-refractivity contribution >= 4 is 27.0 Å². The van der Waals surface area contributed by atoms with E-state index in [-0.39, 0.29) is 5.95 Å². The normalized spacial score (nSPS) is 11.8. The minimum atomic E-state index is -3.28. The van der Waals surface area contributed by atoms with E-state index in [4.69, 9.17) is 0 Å². The Morgan fingerprint density at radius 2 is 2.36 bits per heavy atom. The Morgan fingerprint density at radius 3 is 3.00 bits per heavy atom. The lowest BCUT2D eigenvalue weighted by Crippen LogP contribution is -2.10. The van der Waals surface area contributed by atoms with Crippen LogP contribution in [0, 0.1) is 6.07 Å². The summed E-state index contributed by atoms with van der Waals surface area (Å²) >= 11 is 0. The Kier molecular flexibility index (Phi) is 1.92. The van der Waals surface area contributed by atoms with Gasteiger partial charge in [0.2, 0.25) is 16.0 Å². The molecule has 0 aliphatic carbocycles. The van der Waals surface area contributed by atoms with Gasteiger partial charge in [-0.1, -0.05) is 12.1 Å². The smallest absolute Gasteiger partial charge is 0.232 e. The van der Waals surface area contributed by atoms with Crippen molar-refractivity contribution < 1.29 is 8.42 Å². The second-order valence-corrected chi connectivity index (χ2v) is 4.64. The van der Waals surface area contributed by atoms with Gasteiger partial charge in [0.05, 0.1) is 17.3 Å². The van der Waals surface area contributed by atoms with Crippen LogP contribution in [0.15, 0.2) is 18.2 Å². The van der Waals surface area contributed by atoms with Crippen molar-refractivity contribution in [3.8, 4) is 0 Å². The molecule has 0 bridgehead atoms. The highest BCUT2D eigenvalue weighted by Crippen LogP contribution is 2.13. The number of hydrogen-bond donors (Lipinski definition) is 2. The lowest BCUT2D eigenvalue weighted by Gasteiger charge is -1.96. The van der Waals surface area contributed by atoms with Crippen LogP contribution in [0.1, 0.15) is 0 Å². The molecule has 0 spiro atoms. The van der Waals surface area contributed by atoms with E-state index >= 15 is 0 Å². The number of fused-ring (bicyclic) bond motifs is 1. The van der Waals surface area contributed by atoms with Gasteiger partial charge in [-0.05, 0) is 6.07 Å². The number of aromatic amines is 1. The lowest BCUT2D eigenvalue weighted by atomic mass is 10.3. The predicted octanol–water partition coefficient (Wildman–Crippen LogP) is 0.735. The Bertz CT molecular complexity index is 526. The highest BCUT2D eigenvalue weighted by atomic mass is 32.2. The molecule has 1 radical (unpaired) electrons. The second kappa shape index (κ2) is 2.98. The van der Waals surface area contributed by atoms with Crippen molar-refractivity contribution in [3.63, 3.8) is 0 Å². The van der Waals surface area contributed by atoms with E-state index in [9.17, 15) is 8.42 Å². The summed E-state index contributed by atoms with van der Waals surface area (Å²) in [7, 11) is -3.28. The van der Waals surface area contributed by atoms with Crippen LogP contribution in [0.4, 0.5) is 5.95 Å². The summed E-state index contributed by atoms with van der Waals surface area (Å²) in [6.07, 6.45) is 1.07. The van der Waals surface area contributed by atoms with Gasteiger partial charge < -0.3 is 4.98 Å². The quantitative estimate of drug-likeness (QED) is 0.767. The van der Waals surface area contributed by atoms with Crippen LogP contribution in [-0.4, -0.2) is 24.6 Å². The predicted molar refractivity (Wildman–Crippen MR) is 53.4 cm³/mol. The summed E-state index contributed by atoms with van der Waals surface area (Å²) in [6, 6.07) is 8.19. The zero-order chi connectivity index (χ0) is 10.2. The zero-order valence-electron chi connectivity index (χ0n) is 7.40. The molecule has 2 rings (SSSR count). The van der Waals surface area contributed by atoms with Crippen molar-refractivity contribution in [2.45, 2.75) is 0 Å². The van der Waals surface area contributed by atoms with Crippen molar-refractivity contribution in [3.05, 3.63) is 24.3 Å². The molecule has 1 aromatic carbocycles. The maximum absolute atomic E-state index is 10.9. The van der Waals surface area contributed by atoms with E-state index in [1.807, 2.05) is 0 Å². The van der Waals surface area contributed by atoms with E-state index in [0.717, 1.165) is 11.8 Å². The number of sulfonamides is 1. The van der Waals surface area contributed by atoms with E-state index in [1.165, 1.54) is 0 Å². The highest BCUT2D eigenvalue weighted by Gasteiger charge is 2.06. The third kappa shape index (κ3) is 1.85. The highest BCUT2D eigenvalue weighted by molar-refractivity contribution is 7.91. The monoisotopic (exact) mass is 210 g/mol. The first-order chi connectivity index (χ1) is 6.54. The van der Waals surface area contributed by atoms with Gasteiger partial charge in [-0.3, -0.25) is 4.72 Å². The molecule has 73 valence electrons. The standard InChI is InChI=1S/C8H8N3O2S/c1-14(12,13)11-8-9-6-4-2-3-5-7(6)10-8/h2-4H,1H3,(H2,9,10,11). The minimum Gasteiger partial charge on any atom is -0.323 e. The average molecular weight is 210 g/mol. The number of rotatable bonds is 2. The van der Waals surface area contributed by atoms with Gasteiger partial charge in [-0.25, -0.2) is 13.4 Å². The number of nitrogens with zero attached hydrogens (tertiary/aromatic N) is 1. The van der Waals surface area contributed by atoms with Crippen molar-refractivity contribution in [2.24, 2.45) is 0 Å². The number of anilines is 1. The van der Waals surface area contributed by atoms with Crippen LogP contribution in [0.5, 0.6) is 0 Å². The van der Waals surface area contributed by atoms with Crippen LogP contribution < -0.4 is 4.72 Å². The Labute approximate surface area is 81.2 Å². The molecule has 0 saturated heterocycles. The molecule has 2 aromatic rings. The first kappa shape index (κ1) is 9.01. The first-order valence-corrected chi connectivity index (χ1v) is 5.78. The number of H-pyrrole nitrogens is 1. The summed E-state index contributed by atoms with van der Waals surface area (Å²) in [5.41, 5.74) is 1.36. The van der Waals surface area contributed by atoms with Gasteiger partial charge in [-0.2, -0.15) is 0 Å². The molecule has 1 aromatic heterocycles. The molecule has 0 atom stereocenters. The number of aromatic nitrogens is 2. The molecule has 5 nitrogen and oxygen atoms in total. The van der Waals surface area contributed by atoms with Gasteiger partial charge in [0, 0.05) is 6.07 Å². The number of para-hydroxylation sites is 1. The third-order valence-electron chi connectivity index (χ3n) is 1.59. The van der Waals surface area contributed by atoms with Crippen LogP contribution >= 0.6 is 0 Å². The lowest BCUT2D eigenvalue weighted by molar-refractivity contribution is 0.606. The molecule has 1 heterocycles. The molecule has 0 amide bonds. The first-order valence-electron chi connectivity index (χ1n) is 3.89. The van der Waals surface area contributed by atoms with Gasteiger partial charge in [-0.15, -0.1) is 0 Å². The Hall–Kier alpha value is -1.56. The maximum atomic E-state index is 10.9. The average Bonchev–Trinajstić information content (AvgIpc) is 2.42. The molecule has 0 fully saturated rings. The molecule has 2 N–H and O–H groups in total. The van der Waals surface area contributed by atoms with E-state index < -0.39 is 10.0 Å². The van der Waals surface area contributed by atoms with Crippen LogP contribution in [0.2, 0.25) is 0 Å². The Morgan fingerprint density at radius 1 is 1.57 bits per heavy atom. The van der Waals surface area contributed by atoms with Crippen LogP contribution in [-0.2, 0) is 10.0 Å². The molecule has 0 aliphatic heterocycles. The number of imidazole rings is 1. The number of benzene rings is 1. The zero-order valence-corrected chi connectivity index (χ0v) is 8.22. The van der Waals surface area contributed by atoms with E-state index in [0.29, 0.717) is 5.52 Å². The van der Waals surface area contributed by atoms with Crippen molar-refractivity contribution in [1.29, 1.82) is 0 Å². The SMILES string of the molecule is CS(=O)(=O)Nc1nc2[c]cccc2[nH]1. The van der Waals surface area contributed by atoms with E-state index in [1.54, 1.807) is 18.2 Å². The summed E-state index contributed by atoms with van der Waals surface area (Å²) < 4.78 is 24.0. The maximum Gasteiger partial charge on any atom is 0.232 e. The van der Waals surface area contributed by atoms with Gasteiger partial charge in [0.15, 0.2) is 0 Å². The molecular formula is C8H8N3O2S. The van der Waals surface area contributed by atoms with Gasteiger partial charge in [0.25, 0.3) is 0 Å². The molecule has 6 heteroatoms. The topological polar surface area (TPSA) is 74.8 Å². The minimum absolute atomic E-state index is 0.213. The second-order valence-electron chi connectivity index (χ2n) is 2.89. The summed E-state index contributed by atoms with van der Waals surface area (Å²) in [5.74, 6) is 0.213. The summed E-state index contributed by atoms with van der Waals surface area (Å²) in [6.45, 7) is 0. The van der Waals surface area contributed by atoms with Crippen LogP contribution in [0.3, 0.4) is 0 Å². The molecule has 14 heavy (non-hydrogen) atoms. The fourth-order valence-electron chi connectivity index (χ4n) is 1.11. The number of nitrogens with one attached hydrogen (secondary N) is 2. The van der Waals surface area contributed by atoms with Gasteiger partial charge in [0.1, 0.15) is 0 Å². The number of hydrogen-bond acceptors (Lipinski definition) is 3. The fraction of sp³-hybridized carbons (Fsp3) is 0.125. The molecular weight excluding hydrogens is 202 g/mol. The summed E-state index contributed by atoms with van der Waals surface area (Å²) in [4.78, 5) is 6.82. The molecule has 0 aliphatic rings. The third-order valence-corrected chi connectivity index (χ3v) is 2.16.